The molecule has 33 heavy (non-hydrogen) atoms. The molecule has 3 aromatic heterocycles. The van der Waals surface area contributed by atoms with Crippen molar-refractivity contribution in [3.05, 3.63) is 64.2 Å². The third-order valence-electron chi connectivity index (χ3n) is 6.96. The zero-order valence-electron chi connectivity index (χ0n) is 18.6. The lowest BCUT2D eigenvalue weighted by Crippen LogP contribution is -2.07. The summed E-state index contributed by atoms with van der Waals surface area (Å²) in [4.78, 5) is 19.0. The number of halogens is 2. The predicted octanol–water partition coefficient (Wildman–Crippen LogP) is 6.08. The van der Waals surface area contributed by atoms with Gasteiger partial charge < -0.3 is 0 Å². The second kappa shape index (κ2) is 7.83. The van der Waals surface area contributed by atoms with E-state index in [1.165, 1.54) is 24.5 Å². The molecule has 0 aliphatic heterocycles. The van der Waals surface area contributed by atoms with Crippen LogP contribution in [-0.4, -0.2) is 29.7 Å². The van der Waals surface area contributed by atoms with Crippen LogP contribution in [0.1, 0.15) is 72.8 Å². The number of fused-ring (bicyclic) bond motifs is 1. The highest BCUT2D eigenvalue weighted by Gasteiger charge is 2.32. The first kappa shape index (κ1) is 20.7. The molecule has 6 nitrogen and oxygen atoms in total. The van der Waals surface area contributed by atoms with Gasteiger partial charge in [0.2, 0.25) is 0 Å². The van der Waals surface area contributed by atoms with Crippen LogP contribution in [0.15, 0.2) is 30.6 Å². The van der Waals surface area contributed by atoms with Gasteiger partial charge in [-0.2, -0.15) is 5.10 Å². The predicted molar refractivity (Wildman–Crippen MR) is 125 cm³/mol. The van der Waals surface area contributed by atoms with Crippen molar-refractivity contribution in [3.8, 4) is 11.3 Å². The molecule has 3 heterocycles. The monoisotopic (exact) mass is 462 g/mol. The summed E-state index contributed by atoms with van der Waals surface area (Å²) in [6.45, 7) is 3.80. The Kier molecular flexibility index (Phi) is 4.91. The topological polar surface area (TPSA) is 69.4 Å². The van der Waals surface area contributed by atoms with E-state index in [1.54, 1.807) is 12.1 Å². The maximum atomic E-state index is 14.9. The molecule has 2 aliphatic rings. The fourth-order valence-electron chi connectivity index (χ4n) is 4.80. The van der Waals surface area contributed by atoms with Crippen molar-refractivity contribution >= 4 is 22.8 Å². The minimum atomic E-state index is -0.426. The van der Waals surface area contributed by atoms with Gasteiger partial charge in [-0.05, 0) is 75.6 Å². The summed E-state index contributed by atoms with van der Waals surface area (Å²) in [6, 6.07) is 5.22. The molecule has 0 unspecified atom stereocenters. The second-order valence-corrected chi connectivity index (χ2v) is 9.75. The fourth-order valence-corrected chi connectivity index (χ4v) is 4.96. The maximum absolute atomic E-state index is 14.9. The van der Waals surface area contributed by atoms with Gasteiger partial charge in [0.15, 0.2) is 5.65 Å². The lowest BCUT2D eigenvalue weighted by atomic mass is 9.99. The van der Waals surface area contributed by atoms with Gasteiger partial charge in [0.05, 0.1) is 23.6 Å². The summed E-state index contributed by atoms with van der Waals surface area (Å²) >= 11 is 6.00. The molecule has 0 N–H and O–H groups in total. The van der Waals surface area contributed by atoms with Crippen LogP contribution in [-0.2, 0) is 0 Å². The minimum absolute atomic E-state index is 0.182. The first-order valence-electron chi connectivity index (χ1n) is 11.5. The summed E-state index contributed by atoms with van der Waals surface area (Å²) < 4.78 is 17.0. The van der Waals surface area contributed by atoms with Gasteiger partial charge in [0.25, 0.3) is 0 Å². The Balaban J connectivity index is 1.40. The van der Waals surface area contributed by atoms with Gasteiger partial charge >= 0.3 is 0 Å². The van der Waals surface area contributed by atoms with Gasteiger partial charge in [0.1, 0.15) is 22.9 Å². The van der Waals surface area contributed by atoms with E-state index in [2.05, 4.69) is 25.9 Å². The zero-order chi connectivity index (χ0) is 22.7. The second-order valence-electron chi connectivity index (χ2n) is 9.31. The van der Waals surface area contributed by atoms with E-state index in [9.17, 15) is 4.39 Å². The Labute approximate surface area is 196 Å². The van der Waals surface area contributed by atoms with E-state index >= 15 is 0 Å². The summed E-state index contributed by atoms with van der Waals surface area (Å²) in [5.74, 6) is 0.899. The Morgan fingerprint density at radius 1 is 0.970 bits per heavy atom. The van der Waals surface area contributed by atoms with Crippen LogP contribution in [0, 0.1) is 19.7 Å². The highest BCUT2D eigenvalue weighted by molar-refractivity contribution is 6.30. The van der Waals surface area contributed by atoms with E-state index in [-0.39, 0.29) is 5.92 Å². The molecule has 0 radical (unpaired) electrons. The van der Waals surface area contributed by atoms with Gasteiger partial charge in [-0.3, -0.25) is 4.68 Å². The molecule has 6 rings (SSSR count). The molecule has 0 amide bonds. The largest absolute Gasteiger partial charge is 0.269 e. The number of aromatic nitrogens is 6. The Morgan fingerprint density at radius 2 is 1.76 bits per heavy atom. The van der Waals surface area contributed by atoms with Crippen molar-refractivity contribution in [1.29, 1.82) is 0 Å². The van der Waals surface area contributed by atoms with Crippen molar-refractivity contribution in [2.45, 2.75) is 63.8 Å². The molecule has 2 saturated carbocycles. The molecule has 8 heteroatoms. The fraction of sp³-hybridized carbons (Fsp3) is 0.400. The van der Waals surface area contributed by atoms with Crippen molar-refractivity contribution < 1.29 is 4.39 Å². The van der Waals surface area contributed by atoms with Crippen LogP contribution in [0.5, 0.6) is 0 Å². The third kappa shape index (κ3) is 3.78. The molecule has 2 atom stereocenters. The van der Waals surface area contributed by atoms with Crippen molar-refractivity contribution in [2.75, 3.05) is 0 Å². The number of aryl methyl sites for hydroxylation is 2. The number of hydrogen-bond acceptors (Lipinski definition) is 5. The molecule has 0 spiro atoms. The van der Waals surface area contributed by atoms with Crippen LogP contribution in [0.4, 0.5) is 4.39 Å². The van der Waals surface area contributed by atoms with Crippen LogP contribution in [0.2, 0.25) is 5.02 Å². The lowest BCUT2D eigenvalue weighted by Gasteiger charge is -2.14. The van der Waals surface area contributed by atoms with Gasteiger partial charge in [0, 0.05) is 22.7 Å². The van der Waals surface area contributed by atoms with Crippen LogP contribution >= 0.6 is 11.6 Å². The Hall–Kier alpha value is -2.93. The SMILES string of the molecule is Cc1nc2nc([C@@H]3CC[C@@H](c4cnn(C5CC5)c4)C3)nc(-c3ccc(Cl)cc3F)c2nc1C. The average Bonchev–Trinajstić information content (AvgIpc) is 3.31. The Bertz CT molecular complexity index is 1380. The number of rotatable bonds is 4. The van der Waals surface area contributed by atoms with Crippen molar-refractivity contribution in [3.63, 3.8) is 0 Å². The summed E-state index contributed by atoms with van der Waals surface area (Å²) in [5.41, 5.74) is 4.76. The molecular weight excluding hydrogens is 439 g/mol. The standard InChI is InChI=1S/C25H24ClFN6/c1-13-14(2)30-25-23(29-13)22(20-8-5-18(26)10-21(20)27)31-24(32-25)16-4-3-15(9-16)17-11-28-33(12-17)19-6-7-19/h5,8,10-12,15-16,19H,3-4,6-7,9H2,1-2H3/t15-,16-/m1/s1. The zero-order valence-corrected chi connectivity index (χ0v) is 19.3. The lowest BCUT2D eigenvalue weighted by molar-refractivity contribution is 0.628. The smallest absolute Gasteiger partial charge is 0.182 e. The average molecular weight is 463 g/mol. The van der Waals surface area contributed by atoms with E-state index in [4.69, 9.17) is 21.6 Å². The van der Waals surface area contributed by atoms with E-state index in [1.807, 2.05) is 20.0 Å². The molecule has 168 valence electrons. The molecule has 4 aromatic rings. The number of hydrogen-bond donors (Lipinski definition) is 0. The van der Waals surface area contributed by atoms with Crippen LogP contribution < -0.4 is 0 Å². The molecule has 2 fully saturated rings. The summed E-state index contributed by atoms with van der Waals surface area (Å²) in [6.07, 6.45) is 9.66. The first-order valence-corrected chi connectivity index (χ1v) is 11.9. The highest BCUT2D eigenvalue weighted by atomic mass is 35.5. The minimum Gasteiger partial charge on any atom is -0.269 e. The Morgan fingerprint density at radius 3 is 2.55 bits per heavy atom. The number of benzene rings is 1. The molecule has 0 bridgehead atoms. The van der Waals surface area contributed by atoms with E-state index in [0.717, 1.165) is 30.7 Å². The maximum Gasteiger partial charge on any atom is 0.182 e. The molecule has 2 aliphatic carbocycles. The third-order valence-corrected chi connectivity index (χ3v) is 7.19. The highest BCUT2D eigenvalue weighted by Crippen LogP contribution is 2.44. The van der Waals surface area contributed by atoms with E-state index in [0.29, 0.717) is 45.2 Å². The van der Waals surface area contributed by atoms with Crippen LogP contribution in [0.25, 0.3) is 22.4 Å². The van der Waals surface area contributed by atoms with Crippen molar-refractivity contribution in [1.82, 2.24) is 29.7 Å². The quantitative estimate of drug-likeness (QED) is 0.367. The first-order chi connectivity index (χ1) is 16.0. The van der Waals surface area contributed by atoms with Gasteiger partial charge in [-0.25, -0.2) is 24.3 Å². The normalized spacial score (nSPS) is 20.6. The molecule has 0 saturated heterocycles. The van der Waals surface area contributed by atoms with Crippen LogP contribution in [0.3, 0.4) is 0 Å². The summed E-state index contributed by atoms with van der Waals surface area (Å²) in [5, 5.41) is 4.91. The van der Waals surface area contributed by atoms with Crippen molar-refractivity contribution in [2.24, 2.45) is 0 Å². The molecule has 1 aromatic carbocycles. The summed E-state index contributed by atoms with van der Waals surface area (Å²) in [7, 11) is 0. The van der Waals surface area contributed by atoms with Gasteiger partial charge in [-0.1, -0.05) is 11.6 Å². The van der Waals surface area contributed by atoms with E-state index < -0.39 is 5.82 Å². The number of nitrogens with zero attached hydrogens (tertiary/aromatic N) is 6. The molecular formula is C25H24ClFN6. The van der Waals surface area contributed by atoms with Gasteiger partial charge in [-0.15, -0.1) is 0 Å².